The number of amides is 2. The number of hydrogen-bond acceptors (Lipinski definition) is 4. The maximum atomic E-state index is 11.5. The van der Waals surface area contributed by atoms with Gasteiger partial charge in [-0.1, -0.05) is 0 Å². The fourth-order valence-electron chi connectivity index (χ4n) is 1.18. The van der Waals surface area contributed by atoms with Gasteiger partial charge in [0.15, 0.2) is 0 Å². The Kier molecular flexibility index (Phi) is 4.28. The van der Waals surface area contributed by atoms with Crippen LogP contribution in [-0.4, -0.2) is 24.3 Å². The van der Waals surface area contributed by atoms with Crippen LogP contribution in [0.2, 0.25) is 0 Å². The normalized spacial score (nSPS) is 18.3. The number of hydrogen-bond donors (Lipinski definition) is 2. The SMILES string of the molecule is CS/C=C1\NC(=O)C(NC(C)=O)=C1SC. The van der Waals surface area contributed by atoms with Crippen LogP contribution in [0, 0.1) is 0 Å². The summed E-state index contributed by atoms with van der Waals surface area (Å²) in [6.45, 7) is 1.38. The van der Waals surface area contributed by atoms with Crippen molar-refractivity contribution >= 4 is 35.3 Å². The van der Waals surface area contributed by atoms with E-state index in [1.165, 1.54) is 30.4 Å². The van der Waals surface area contributed by atoms with Gasteiger partial charge in [-0.05, 0) is 17.9 Å². The monoisotopic (exact) mass is 244 g/mol. The first-order valence-electron chi connectivity index (χ1n) is 4.20. The summed E-state index contributed by atoms with van der Waals surface area (Å²) in [6.07, 6.45) is 3.78. The van der Waals surface area contributed by atoms with Gasteiger partial charge in [-0.2, -0.15) is 0 Å². The molecule has 1 rings (SSSR count). The summed E-state index contributed by atoms with van der Waals surface area (Å²) in [7, 11) is 0. The summed E-state index contributed by atoms with van der Waals surface area (Å²) in [5.74, 6) is -0.494. The summed E-state index contributed by atoms with van der Waals surface area (Å²) in [6, 6.07) is 0. The Labute approximate surface area is 96.9 Å². The fourth-order valence-corrected chi connectivity index (χ4v) is 2.35. The third kappa shape index (κ3) is 2.79. The minimum atomic E-state index is -0.255. The molecule has 82 valence electrons. The minimum absolute atomic E-state index is 0.239. The highest BCUT2D eigenvalue weighted by atomic mass is 32.2. The number of rotatable bonds is 3. The second-order valence-corrected chi connectivity index (χ2v) is 4.33. The van der Waals surface area contributed by atoms with Gasteiger partial charge in [-0.3, -0.25) is 9.59 Å². The summed E-state index contributed by atoms with van der Waals surface area (Å²) >= 11 is 2.94. The predicted octanol–water partition coefficient (Wildman–Crippen LogP) is 1.03. The minimum Gasteiger partial charge on any atom is -0.321 e. The lowest BCUT2D eigenvalue weighted by Crippen LogP contribution is -2.27. The van der Waals surface area contributed by atoms with Crippen LogP contribution in [0.5, 0.6) is 0 Å². The summed E-state index contributed by atoms with van der Waals surface area (Å²) < 4.78 is 0. The van der Waals surface area contributed by atoms with Gasteiger partial charge in [0.1, 0.15) is 5.70 Å². The smallest absolute Gasteiger partial charge is 0.273 e. The number of carbonyl (C=O) groups is 2. The van der Waals surface area contributed by atoms with E-state index in [0.717, 1.165) is 10.6 Å². The fraction of sp³-hybridized carbons (Fsp3) is 0.333. The summed E-state index contributed by atoms with van der Waals surface area (Å²) in [5.41, 5.74) is 1.10. The molecular formula is C9H12N2O2S2. The van der Waals surface area contributed by atoms with Crippen LogP contribution in [0.15, 0.2) is 21.7 Å². The van der Waals surface area contributed by atoms with Gasteiger partial charge >= 0.3 is 0 Å². The molecule has 0 saturated carbocycles. The Morgan fingerprint density at radius 1 is 1.47 bits per heavy atom. The number of thioether (sulfide) groups is 2. The highest BCUT2D eigenvalue weighted by Crippen LogP contribution is 2.29. The Balaban J connectivity index is 3.05. The van der Waals surface area contributed by atoms with E-state index in [-0.39, 0.29) is 11.8 Å². The highest BCUT2D eigenvalue weighted by molar-refractivity contribution is 8.03. The predicted molar refractivity (Wildman–Crippen MR) is 64.1 cm³/mol. The summed E-state index contributed by atoms with van der Waals surface area (Å²) in [5, 5.41) is 7.09. The maximum Gasteiger partial charge on any atom is 0.273 e. The average molecular weight is 244 g/mol. The second-order valence-electron chi connectivity index (χ2n) is 2.81. The lowest BCUT2D eigenvalue weighted by molar-refractivity contribution is -0.121. The van der Waals surface area contributed by atoms with Gasteiger partial charge in [-0.25, -0.2) is 0 Å². The van der Waals surface area contributed by atoms with E-state index in [2.05, 4.69) is 10.6 Å². The van der Waals surface area contributed by atoms with Crippen LogP contribution in [0.4, 0.5) is 0 Å². The van der Waals surface area contributed by atoms with E-state index in [0.29, 0.717) is 5.70 Å². The Morgan fingerprint density at radius 3 is 2.60 bits per heavy atom. The molecule has 1 aliphatic rings. The molecule has 0 unspecified atom stereocenters. The standard InChI is InChI=1S/C9H12N2O2S2/c1-5(12)10-7-8(15-3)6(4-14-2)11-9(7)13/h4H,1-3H3,(H,10,12)(H,11,13)/b6-4-. The van der Waals surface area contributed by atoms with Crippen LogP contribution >= 0.6 is 23.5 Å². The van der Waals surface area contributed by atoms with E-state index in [4.69, 9.17) is 0 Å². The topological polar surface area (TPSA) is 58.2 Å². The lowest BCUT2D eigenvalue weighted by atomic mass is 10.4. The van der Waals surface area contributed by atoms with E-state index in [9.17, 15) is 9.59 Å². The molecule has 0 aromatic rings. The Morgan fingerprint density at radius 2 is 2.13 bits per heavy atom. The molecule has 0 radical (unpaired) electrons. The molecule has 6 heteroatoms. The highest BCUT2D eigenvalue weighted by Gasteiger charge is 2.27. The van der Waals surface area contributed by atoms with Crippen molar-refractivity contribution in [3.63, 3.8) is 0 Å². The van der Waals surface area contributed by atoms with Crippen molar-refractivity contribution in [2.75, 3.05) is 12.5 Å². The summed E-state index contributed by atoms with van der Waals surface area (Å²) in [4.78, 5) is 23.2. The molecule has 1 heterocycles. The molecule has 15 heavy (non-hydrogen) atoms. The van der Waals surface area contributed by atoms with Crippen molar-refractivity contribution in [3.05, 3.63) is 21.7 Å². The van der Waals surface area contributed by atoms with Gasteiger partial charge < -0.3 is 10.6 Å². The molecule has 0 aromatic carbocycles. The van der Waals surface area contributed by atoms with E-state index < -0.39 is 0 Å². The van der Waals surface area contributed by atoms with Gasteiger partial charge in [0.25, 0.3) is 5.91 Å². The largest absolute Gasteiger partial charge is 0.321 e. The van der Waals surface area contributed by atoms with Crippen LogP contribution in [0.1, 0.15) is 6.92 Å². The first kappa shape index (κ1) is 12.2. The third-order valence-electron chi connectivity index (χ3n) is 1.69. The molecule has 0 bridgehead atoms. The molecule has 2 N–H and O–H groups in total. The second kappa shape index (κ2) is 5.27. The zero-order chi connectivity index (χ0) is 11.4. The van der Waals surface area contributed by atoms with Gasteiger partial charge in [-0.15, -0.1) is 23.5 Å². The third-order valence-corrected chi connectivity index (χ3v) is 2.99. The van der Waals surface area contributed by atoms with Crippen LogP contribution in [0.3, 0.4) is 0 Å². The average Bonchev–Trinajstić information content (AvgIpc) is 2.43. The zero-order valence-electron chi connectivity index (χ0n) is 8.71. The van der Waals surface area contributed by atoms with Crippen molar-refractivity contribution in [3.8, 4) is 0 Å². The van der Waals surface area contributed by atoms with E-state index >= 15 is 0 Å². The van der Waals surface area contributed by atoms with Crippen LogP contribution in [-0.2, 0) is 9.59 Å². The molecule has 1 aliphatic heterocycles. The molecule has 0 fully saturated rings. The van der Waals surface area contributed by atoms with Gasteiger partial charge in [0, 0.05) is 6.92 Å². The van der Waals surface area contributed by atoms with Gasteiger partial charge in [0.05, 0.1) is 10.6 Å². The van der Waals surface area contributed by atoms with Crippen molar-refractivity contribution < 1.29 is 9.59 Å². The van der Waals surface area contributed by atoms with Crippen molar-refractivity contribution in [2.24, 2.45) is 0 Å². The molecule has 4 nitrogen and oxygen atoms in total. The van der Waals surface area contributed by atoms with Crippen molar-refractivity contribution in [2.45, 2.75) is 6.92 Å². The molecule has 0 spiro atoms. The number of nitrogens with one attached hydrogen (secondary N) is 2. The first-order valence-corrected chi connectivity index (χ1v) is 6.72. The maximum absolute atomic E-state index is 11.5. The number of carbonyl (C=O) groups excluding carboxylic acids is 2. The lowest BCUT2D eigenvalue weighted by Gasteiger charge is -2.02. The molecule has 0 aromatic heterocycles. The molecule has 0 saturated heterocycles. The molecule has 0 aliphatic carbocycles. The van der Waals surface area contributed by atoms with E-state index in [1.54, 1.807) is 0 Å². The Hall–Kier alpha value is -0.880. The first-order chi connectivity index (χ1) is 7.10. The van der Waals surface area contributed by atoms with E-state index in [1.807, 2.05) is 17.9 Å². The Bertz CT molecular complexity index is 361. The molecule has 2 amide bonds. The van der Waals surface area contributed by atoms with Crippen molar-refractivity contribution in [1.82, 2.24) is 10.6 Å². The van der Waals surface area contributed by atoms with Crippen LogP contribution in [0.25, 0.3) is 0 Å². The molecule has 0 atom stereocenters. The molecular weight excluding hydrogens is 232 g/mol. The quantitative estimate of drug-likeness (QED) is 0.778. The van der Waals surface area contributed by atoms with Crippen molar-refractivity contribution in [1.29, 1.82) is 0 Å². The van der Waals surface area contributed by atoms with Crippen LogP contribution < -0.4 is 10.6 Å². The van der Waals surface area contributed by atoms with Gasteiger partial charge in [0.2, 0.25) is 5.91 Å². The zero-order valence-corrected chi connectivity index (χ0v) is 10.3.